The van der Waals surface area contributed by atoms with Crippen molar-refractivity contribution in [2.45, 2.75) is 32.2 Å². The van der Waals surface area contributed by atoms with Gasteiger partial charge >= 0.3 is 5.97 Å². The summed E-state index contributed by atoms with van der Waals surface area (Å²) in [7, 11) is 0. The van der Waals surface area contributed by atoms with E-state index >= 15 is 0 Å². The molecular weight excluding hydrogens is 402 g/mol. The Labute approximate surface area is 169 Å². The monoisotopic (exact) mass is 421 g/mol. The molecule has 2 unspecified atom stereocenters. The number of carbonyl (C=O) groups excluding carboxylic acids is 3. The van der Waals surface area contributed by atoms with Crippen LogP contribution in [-0.4, -0.2) is 44.6 Å². The summed E-state index contributed by atoms with van der Waals surface area (Å²) in [4.78, 5) is 42.8. The zero-order valence-corrected chi connectivity index (χ0v) is 17.1. The first-order valence-corrected chi connectivity index (χ1v) is 10.3. The van der Waals surface area contributed by atoms with E-state index in [0.717, 1.165) is 4.88 Å². The lowest BCUT2D eigenvalue weighted by molar-refractivity contribution is -0.136. The lowest BCUT2D eigenvalue weighted by Gasteiger charge is -2.28. The maximum atomic E-state index is 12.7. The second-order valence-corrected chi connectivity index (χ2v) is 8.56. The Hall–Kier alpha value is -2.59. The maximum Gasteiger partial charge on any atom is 0.308 e. The van der Waals surface area contributed by atoms with E-state index in [1.807, 2.05) is 6.92 Å². The summed E-state index contributed by atoms with van der Waals surface area (Å²) in [6.07, 6.45) is 1.66. The van der Waals surface area contributed by atoms with Gasteiger partial charge in [-0.05, 0) is 25.1 Å². The molecule has 0 spiro atoms. The van der Waals surface area contributed by atoms with Crippen molar-refractivity contribution in [2.24, 2.45) is 0 Å². The number of phenols is 1. The minimum atomic E-state index is -0.714. The lowest BCUT2D eigenvalue weighted by atomic mass is 10.1. The fourth-order valence-corrected chi connectivity index (χ4v) is 5.06. The summed E-state index contributed by atoms with van der Waals surface area (Å²) in [5, 5.41) is 12.9. The predicted octanol–water partition coefficient (Wildman–Crippen LogP) is 2.68. The number of thioether (sulfide) groups is 1. The molecule has 10 heteroatoms. The number of aromatic hydroxyl groups is 1. The zero-order valence-electron chi connectivity index (χ0n) is 15.5. The van der Waals surface area contributed by atoms with Gasteiger partial charge in [0.15, 0.2) is 5.13 Å². The van der Waals surface area contributed by atoms with Crippen molar-refractivity contribution in [2.75, 3.05) is 11.1 Å². The van der Waals surface area contributed by atoms with Gasteiger partial charge in [-0.25, -0.2) is 4.98 Å². The molecule has 8 nitrogen and oxygen atoms in total. The van der Waals surface area contributed by atoms with E-state index < -0.39 is 17.4 Å². The largest absolute Gasteiger partial charge is 0.508 e. The quantitative estimate of drug-likeness (QED) is 0.577. The Balaban J connectivity index is 1.86. The molecule has 2 N–H and O–H groups in total. The second-order valence-electron chi connectivity index (χ2n) is 6.21. The molecule has 3 rings (SSSR count). The van der Waals surface area contributed by atoms with E-state index in [1.54, 1.807) is 6.20 Å². The van der Waals surface area contributed by atoms with Gasteiger partial charge in [-0.15, -0.1) is 23.1 Å². The lowest BCUT2D eigenvalue weighted by Crippen LogP contribution is -2.44. The van der Waals surface area contributed by atoms with E-state index in [0.29, 0.717) is 16.4 Å². The Morgan fingerprint density at radius 1 is 1.32 bits per heavy atom. The topological polar surface area (TPSA) is 109 Å². The van der Waals surface area contributed by atoms with Gasteiger partial charge in [0.25, 0.3) is 0 Å². The third kappa shape index (κ3) is 4.28. The molecule has 1 aromatic carbocycles. The molecule has 1 aliphatic heterocycles. The van der Waals surface area contributed by atoms with Gasteiger partial charge in [0.2, 0.25) is 11.8 Å². The number of benzene rings is 1. The molecule has 0 bridgehead atoms. The highest BCUT2D eigenvalue weighted by atomic mass is 32.2. The molecule has 1 aliphatic rings. The molecular formula is C18H19N3O5S2. The predicted molar refractivity (Wildman–Crippen MR) is 106 cm³/mol. The number of esters is 1. The van der Waals surface area contributed by atoms with Gasteiger partial charge in [0, 0.05) is 36.2 Å². The molecule has 2 amide bonds. The minimum absolute atomic E-state index is 0.0451. The average Bonchev–Trinajstić information content (AvgIpc) is 3.22. The van der Waals surface area contributed by atoms with E-state index in [1.165, 1.54) is 60.0 Å². The van der Waals surface area contributed by atoms with Crippen molar-refractivity contribution in [3.8, 4) is 11.5 Å². The first-order chi connectivity index (χ1) is 13.3. The minimum Gasteiger partial charge on any atom is -0.508 e. The van der Waals surface area contributed by atoms with Gasteiger partial charge in [0.05, 0.1) is 0 Å². The van der Waals surface area contributed by atoms with Crippen molar-refractivity contribution < 1.29 is 24.2 Å². The van der Waals surface area contributed by atoms with Gasteiger partial charge in [-0.3, -0.25) is 14.4 Å². The molecule has 0 aliphatic carbocycles. The Morgan fingerprint density at radius 2 is 2.07 bits per heavy atom. The van der Waals surface area contributed by atoms with E-state index in [9.17, 15) is 19.5 Å². The van der Waals surface area contributed by atoms with E-state index in [4.69, 9.17) is 4.74 Å². The van der Waals surface area contributed by atoms with Crippen LogP contribution in [0, 0.1) is 6.92 Å². The SMILES string of the molecule is CC(=O)Oc1ccc(O)c(C2SCC(C(=O)Nc3ncc(C)s3)N2C(C)=O)c1. The third-order valence-corrected chi connectivity index (χ3v) is 6.18. The highest BCUT2D eigenvalue weighted by Crippen LogP contribution is 2.45. The number of nitrogens with zero attached hydrogens (tertiary/aromatic N) is 2. The molecule has 2 atom stereocenters. The number of ether oxygens (including phenoxy) is 1. The number of thiazole rings is 1. The van der Waals surface area contributed by atoms with Gasteiger partial charge in [-0.1, -0.05) is 0 Å². The Kier molecular flexibility index (Phi) is 5.90. The van der Waals surface area contributed by atoms with Crippen molar-refractivity contribution >= 4 is 46.0 Å². The van der Waals surface area contributed by atoms with Crippen LogP contribution in [0.15, 0.2) is 24.4 Å². The first kappa shape index (κ1) is 20.2. The number of carbonyl (C=O) groups is 3. The van der Waals surface area contributed by atoms with Crippen molar-refractivity contribution in [3.63, 3.8) is 0 Å². The van der Waals surface area contributed by atoms with Crippen LogP contribution in [0.4, 0.5) is 5.13 Å². The molecule has 0 radical (unpaired) electrons. The molecule has 148 valence electrons. The molecule has 2 aromatic rings. The summed E-state index contributed by atoms with van der Waals surface area (Å²) in [5.41, 5.74) is 0.402. The molecule has 1 fully saturated rings. The fraction of sp³-hybridized carbons (Fsp3) is 0.333. The van der Waals surface area contributed by atoms with Gasteiger partial charge in [-0.2, -0.15) is 0 Å². The molecule has 2 heterocycles. The summed E-state index contributed by atoms with van der Waals surface area (Å²) < 4.78 is 5.07. The standard InChI is InChI=1S/C18H19N3O5S2/c1-9-7-19-18(28-9)20-16(25)14-8-27-17(21(14)10(2)22)13-6-12(26-11(3)23)4-5-15(13)24/h4-7,14,17,24H,8H2,1-3H3,(H,19,20,25). The normalized spacial score (nSPS) is 18.8. The second kappa shape index (κ2) is 8.19. The zero-order chi connectivity index (χ0) is 20.4. The van der Waals surface area contributed by atoms with Crippen LogP contribution >= 0.6 is 23.1 Å². The van der Waals surface area contributed by atoms with Gasteiger partial charge < -0.3 is 20.1 Å². The Bertz CT molecular complexity index is 930. The highest BCUT2D eigenvalue weighted by molar-refractivity contribution is 7.99. The maximum absolute atomic E-state index is 12.7. The number of hydrogen-bond donors (Lipinski definition) is 2. The van der Waals surface area contributed by atoms with Gasteiger partial charge in [0.1, 0.15) is 22.9 Å². The number of anilines is 1. The van der Waals surface area contributed by atoms with Crippen LogP contribution in [0.2, 0.25) is 0 Å². The summed E-state index contributed by atoms with van der Waals surface area (Å²) in [5.74, 6) is -0.558. The fourth-order valence-electron chi connectivity index (χ4n) is 2.89. The summed E-state index contributed by atoms with van der Waals surface area (Å²) in [6, 6.07) is 3.66. The summed E-state index contributed by atoms with van der Waals surface area (Å²) >= 11 is 2.70. The van der Waals surface area contributed by atoms with Crippen molar-refractivity contribution in [1.82, 2.24) is 9.88 Å². The molecule has 1 aromatic heterocycles. The number of aryl methyl sites for hydroxylation is 1. The number of hydrogen-bond acceptors (Lipinski definition) is 8. The molecule has 0 saturated carbocycles. The molecule has 28 heavy (non-hydrogen) atoms. The van der Waals surface area contributed by atoms with Crippen LogP contribution in [0.1, 0.15) is 29.7 Å². The average molecular weight is 422 g/mol. The van der Waals surface area contributed by atoms with Crippen LogP contribution in [0.25, 0.3) is 0 Å². The number of rotatable bonds is 4. The molecule has 1 saturated heterocycles. The van der Waals surface area contributed by atoms with Crippen LogP contribution in [-0.2, 0) is 14.4 Å². The van der Waals surface area contributed by atoms with E-state index in [2.05, 4.69) is 10.3 Å². The highest BCUT2D eigenvalue weighted by Gasteiger charge is 2.42. The number of phenolic OH excluding ortho intramolecular Hbond substituents is 1. The number of aromatic nitrogens is 1. The van der Waals surface area contributed by atoms with Crippen LogP contribution < -0.4 is 10.1 Å². The third-order valence-electron chi connectivity index (χ3n) is 4.04. The summed E-state index contributed by atoms with van der Waals surface area (Å²) in [6.45, 7) is 4.54. The van der Waals surface area contributed by atoms with Crippen LogP contribution in [0.3, 0.4) is 0 Å². The first-order valence-electron chi connectivity index (χ1n) is 8.41. The van der Waals surface area contributed by atoms with Crippen molar-refractivity contribution in [1.29, 1.82) is 0 Å². The Morgan fingerprint density at radius 3 is 2.68 bits per heavy atom. The van der Waals surface area contributed by atoms with Crippen LogP contribution in [0.5, 0.6) is 11.5 Å². The van der Waals surface area contributed by atoms with E-state index in [-0.39, 0.29) is 23.3 Å². The number of amides is 2. The number of nitrogens with one attached hydrogen (secondary N) is 1. The smallest absolute Gasteiger partial charge is 0.308 e. The van der Waals surface area contributed by atoms with Crippen molar-refractivity contribution in [3.05, 3.63) is 34.8 Å².